The van der Waals surface area contributed by atoms with Crippen molar-refractivity contribution in [1.82, 2.24) is 59.8 Å². The minimum absolute atomic E-state index is 1.02. The van der Waals surface area contributed by atoms with Gasteiger partial charge in [0.2, 0.25) is 0 Å². The van der Waals surface area contributed by atoms with Crippen molar-refractivity contribution in [3.05, 3.63) is 243 Å². The molecular weight excluding hydrogens is 1180 g/mol. The quantitative estimate of drug-likeness (QED) is 0.0726. The Morgan fingerprint density at radius 2 is 0.458 bits per heavy atom. The number of hydrogen-bond acceptors (Lipinski definition) is 2. The second-order valence-electron chi connectivity index (χ2n) is 26.1. The predicted molar refractivity (Wildman–Crippen MR) is 404 cm³/mol. The maximum atomic E-state index is 4.52. The molecule has 0 saturated heterocycles. The van der Waals surface area contributed by atoms with Crippen molar-refractivity contribution in [2.75, 3.05) is 0 Å². The molecule has 25 aromatic rings. The van der Waals surface area contributed by atoms with E-state index in [0.717, 1.165) is 44.1 Å². The van der Waals surface area contributed by atoms with Gasteiger partial charge in [-0.1, -0.05) is 72.8 Å². The number of nitrogens with one attached hydrogen (secondary N) is 10. The minimum atomic E-state index is 1.02. The van der Waals surface area contributed by atoms with Crippen molar-refractivity contribution < 1.29 is 0 Å². The van der Waals surface area contributed by atoms with Gasteiger partial charge in [0.05, 0.1) is 11.0 Å². The van der Waals surface area contributed by atoms with Crippen molar-refractivity contribution in [3.63, 3.8) is 0 Å². The first-order chi connectivity index (χ1) is 47.5. The van der Waals surface area contributed by atoms with E-state index in [1.807, 2.05) is 36.9 Å². The molecule has 12 heteroatoms. The number of benzene rings is 13. The van der Waals surface area contributed by atoms with E-state index in [1.54, 1.807) is 0 Å². The van der Waals surface area contributed by atoms with Gasteiger partial charge in [-0.15, -0.1) is 0 Å². The Balaban J connectivity index is 0.0000000944. The van der Waals surface area contributed by atoms with Crippen LogP contribution in [0.1, 0.15) is 0 Å². The summed E-state index contributed by atoms with van der Waals surface area (Å²) in [6, 6.07) is 78.8. The summed E-state index contributed by atoms with van der Waals surface area (Å²) in [5, 5.41) is 30.0. The van der Waals surface area contributed by atoms with E-state index in [9.17, 15) is 0 Å². The molecule has 10 N–H and O–H groups in total. The van der Waals surface area contributed by atoms with Gasteiger partial charge in [-0.3, -0.25) is 9.97 Å². The lowest BCUT2D eigenvalue weighted by molar-refractivity contribution is 1.42. The van der Waals surface area contributed by atoms with E-state index in [4.69, 9.17) is 0 Å². The van der Waals surface area contributed by atoms with Crippen LogP contribution in [0.15, 0.2) is 243 Å². The molecule has 0 spiro atoms. The molecule has 12 nitrogen and oxygen atoms in total. The van der Waals surface area contributed by atoms with Gasteiger partial charge >= 0.3 is 0 Å². The van der Waals surface area contributed by atoms with Gasteiger partial charge in [-0.05, 0) is 167 Å². The minimum Gasteiger partial charge on any atom is -0.361 e. The van der Waals surface area contributed by atoms with Gasteiger partial charge in [0.15, 0.2) is 0 Å². The third-order valence-electron chi connectivity index (χ3n) is 21.0. The first-order valence-electron chi connectivity index (χ1n) is 32.6. The van der Waals surface area contributed by atoms with Crippen molar-refractivity contribution in [2.24, 2.45) is 0 Å². The molecule has 0 unspecified atom stereocenters. The second kappa shape index (κ2) is 18.3. The number of hydrogen-bond donors (Lipinski definition) is 10. The lowest BCUT2D eigenvalue weighted by Gasteiger charge is -2.04. The Hall–Kier alpha value is -13.3. The van der Waals surface area contributed by atoms with E-state index in [0.29, 0.717) is 0 Å². The highest BCUT2D eigenvalue weighted by atomic mass is 14.8. The average Bonchev–Trinajstić information content (AvgIpc) is 1.57. The Kier molecular flexibility index (Phi) is 9.57. The summed E-state index contributed by atoms with van der Waals surface area (Å²) in [5.74, 6) is 0. The third kappa shape index (κ3) is 6.89. The summed E-state index contributed by atoms with van der Waals surface area (Å²) in [6.07, 6.45) is 7.67. The highest BCUT2D eigenvalue weighted by molar-refractivity contribution is 6.34. The van der Waals surface area contributed by atoms with Gasteiger partial charge in [0.25, 0.3) is 0 Å². The summed E-state index contributed by atoms with van der Waals surface area (Å²) >= 11 is 0. The largest absolute Gasteiger partial charge is 0.361 e. The Labute approximate surface area is 539 Å². The van der Waals surface area contributed by atoms with Gasteiger partial charge in [0.1, 0.15) is 0 Å². The van der Waals surface area contributed by atoms with Crippen LogP contribution in [0.4, 0.5) is 0 Å². The third-order valence-corrected chi connectivity index (χ3v) is 21.0. The number of para-hydroxylation sites is 2. The van der Waals surface area contributed by atoms with E-state index in [2.05, 4.69) is 266 Å². The summed E-state index contributed by atoms with van der Waals surface area (Å²) in [6.45, 7) is 0. The molecule has 0 bridgehead atoms. The molecule has 0 atom stereocenters. The molecule has 12 heterocycles. The number of pyridine rings is 2. The highest BCUT2D eigenvalue weighted by Crippen LogP contribution is 2.45. The van der Waals surface area contributed by atoms with Crippen LogP contribution in [0.5, 0.6) is 0 Å². The molecule has 96 heavy (non-hydrogen) atoms. The molecule has 12 aromatic heterocycles. The zero-order valence-corrected chi connectivity index (χ0v) is 51.0. The monoisotopic (exact) mass is 1230 g/mol. The number of aromatic amines is 10. The van der Waals surface area contributed by atoms with Gasteiger partial charge in [-0.25, -0.2) is 0 Å². The molecule has 0 radical (unpaired) electrons. The lowest BCUT2D eigenvalue weighted by atomic mass is 9.98. The maximum Gasteiger partial charge on any atom is 0.0709 e. The van der Waals surface area contributed by atoms with Crippen molar-refractivity contribution in [3.8, 4) is 0 Å². The van der Waals surface area contributed by atoms with Crippen molar-refractivity contribution >= 4 is 240 Å². The van der Waals surface area contributed by atoms with Gasteiger partial charge in [-0.2, -0.15) is 0 Å². The molecule has 0 saturated carbocycles. The molecule has 0 amide bonds. The van der Waals surface area contributed by atoms with E-state index in [1.165, 1.54) is 195 Å². The lowest BCUT2D eigenvalue weighted by Crippen LogP contribution is -1.78. The van der Waals surface area contributed by atoms with Gasteiger partial charge < -0.3 is 49.8 Å². The zero-order chi connectivity index (χ0) is 62.2. The first-order valence-corrected chi connectivity index (χ1v) is 32.6. The van der Waals surface area contributed by atoms with Crippen LogP contribution in [-0.4, -0.2) is 59.8 Å². The van der Waals surface area contributed by atoms with Crippen LogP contribution < -0.4 is 0 Å². The number of nitrogens with zero attached hydrogens (tertiary/aromatic N) is 2. The maximum absolute atomic E-state index is 4.52. The second-order valence-corrected chi connectivity index (χ2v) is 26.1. The number of aromatic nitrogens is 12. The first kappa shape index (κ1) is 50.3. The van der Waals surface area contributed by atoms with Crippen LogP contribution in [0, 0.1) is 0 Å². The van der Waals surface area contributed by atoms with E-state index in [-0.39, 0.29) is 0 Å². The molecule has 0 aliphatic carbocycles. The fraction of sp³-hybridized carbons (Fsp3) is 0. The Morgan fingerprint density at radius 1 is 0.177 bits per heavy atom. The van der Waals surface area contributed by atoms with Crippen LogP contribution in [-0.2, 0) is 0 Å². The Morgan fingerprint density at radius 3 is 0.854 bits per heavy atom. The van der Waals surface area contributed by atoms with Crippen LogP contribution >= 0.6 is 0 Å². The number of rotatable bonds is 0. The van der Waals surface area contributed by atoms with Crippen molar-refractivity contribution in [1.29, 1.82) is 0 Å². The molecule has 446 valence electrons. The van der Waals surface area contributed by atoms with Crippen LogP contribution in [0.25, 0.3) is 240 Å². The molecular formula is C84H50N12. The fourth-order valence-corrected chi connectivity index (χ4v) is 16.8. The summed E-state index contributed by atoms with van der Waals surface area (Å²) < 4.78 is 0. The summed E-state index contributed by atoms with van der Waals surface area (Å²) in [5.41, 5.74) is 23.0. The number of H-pyrrole nitrogens is 10. The molecule has 25 rings (SSSR count). The normalized spacial score (nSPS) is 12.6. The zero-order valence-electron chi connectivity index (χ0n) is 51.0. The molecule has 0 aliphatic heterocycles. The predicted octanol–water partition coefficient (Wildman–Crippen LogP) is 22.5. The number of fused-ring (bicyclic) bond motifs is 36. The molecule has 13 aromatic carbocycles. The Bertz CT molecular complexity index is 7270. The smallest absolute Gasteiger partial charge is 0.0709 e. The molecule has 0 aliphatic rings. The van der Waals surface area contributed by atoms with Crippen LogP contribution in [0.3, 0.4) is 0 Å². The SMILES string of the molecule is c1cc2cc3[nH]c4cc5c(cc4c3cc2[nH]1)[nH]c1cc2cc[nH]c2cc15.c1ccc2c(c1)[nH]c1ccc3c(ccc4[nH]c5cc6c(cc5c43)[nH]c3ccc4c(ccc5[nH]c7ccccc7c54)c36)c12.c1cnc2ccc3[nH]c4cc5c(cc4c3c2c1)[nH]c1ccc2ncccc2c15. The van der Waals surface area contributed by atoms with E-state index < -0.39 is 0 Å². The fourth-order valence-electron chi connectivity index (χ4n) is 16.8. The van der Waals surface area contributed by atoms with Crippen LogP contribution in [0.2, 0.25) is 0 Å². The van der Waals surface area contributed by atoms with Gasteiger partial charge in [0, 0.05) is 232 Å². The summed E-state index contributed by atoms with van der Waals surface area (Å²) in [4.78, 5) is 44.8. The average molecular weight is 1230 g/mol. The van der Waals surface area contributed by atoms with Crippen molar-refractivity contribution in [2.45, 2.75) is 0 Å². The molecule has 0 fully saturated rings. The standard InChI is InChI=1S/C38H22N4.C24H14N4.C22H14N4/c1-3-7-27-23(5-1)35-19-9-15-31-37(21(19)11-13-29(35)39-27)25-17-34-26(18-33(25)41-31)38-22-12-14-30-36(20(22)10-16-32(38)42-34)24-6-2-4-8-28(24)40-30;1-3-13-17(25-9-1)5-7-19-23(13)15-11-22-16(12-21(15)27-19)24-14-4-2-10-26-18(14)6-8-20(24)28-22;1-3-23-17-7-13-15-9-22-16(10-21(15)25-19(13)5-11(1)17)14-8-18-12(2-4-24-18)6-20(14)26-22/h1-18,39-42H;1-12,27-28H;1-10,23-26H. The highest BCUT2D eigenvalue weighted by Gasteiger charge is 2.20. The summed E-state index contributed by atoms with van der Waals surface area (Å²) in [7, 11) is 0. The van der Waals surface area contributed by atoms with E-state index >= 15 is 0 Å². The topological polar surface area (TPSA) is 184 Å².